The highest BCUT2D eigenvalue weighted by molar-refractivity contribution is 6.35. The molecule has 2 fully saturated rings. The fraction of sp³-hybridized carbons (Fsp3) is 0.600. The van der Waals surface area contributed by atoms with Gasteiger partial charge in [-0.2, -0.15) is 0 Å². The molecule has 0 atom stereocenters. The molecule has 1 saturated carbocycles. The van der Waals surface area contributed by atoms with Crippen LogP contribution in [0.1, 0.15) is 44.1 Å². The molecule has 3 rings (SSSR count). The Morgan fingerprint density at radius 3 is 2.32 bits per heavy atom. The monoisotopic (exact) mass is 343 g/mol. The number of hydrogen-bond acceptors (Lipinski definition) is 3. The third-order valence-electron chi connectivity index (χ3n) is 5.40. The molecule has 0 radical (unpaired) electrons. The van der Waals surface area contributed by atoms with Crippen molar-refractivity contribution in [2.45, 2.75) is 51.1 Å². The van der Waals surface area contributed by atoms with Gasteiger partial charge in [0, 0.05) is 19.1 Å². The molecule has 1 aliphatic carbocycles. The Morgan fingerprint density at radius 1 is 0.960 bits per heavy atom. The molecular formula is C20H29N3O2. The number of benzene rings is 1. The zero-order chi connectivity index (χ0) is 17.5. The quantitative estimate of drug-likeness (QED) is 0.805. The first-order chi connectivity index (χ1) is 12.2. The predicted octanol–water partition coefficient (Wildman–Crippen LogP) is 2.07. The highest BCUT2D eigenvalue weighted by Crippen LogP contribution is 2.19. The van der Waals surface area contributed by atoms with Crippen LogP contribution >= 0.6 is 0 Å². The molecule has 1 aromatic carbocycles. The lowest BCUT2D eigenvalue weighted by molar-refractivity contribution is -0.139. The Kier molecular flexibility index (Phi) is 6.45. The van der Waals surface area contributed by atoms with Gasteiger partial charge in [-0.3, -0.25) is 14.5 Å². The van der Waals surface area contributed by atoms with E-state index in [0.717, 1.165) is 58.2 Å². The Balaban J connectivity index is 1.33. The molecule has 5 heteroatoms. The summed E-state index contributed by atoms with van der Waals surface area (Å²) in [7, 11) is 0. The van der Waals surface area contributed by atoms with Crippen molar-refractivity contribution in [2.24, 2.45) is 5.92 Å². The second-order valence-corrected chi connectivity index (χ2v) is 7.37. The Labute approximate surface area is 150 Å². The van der Waals surface area contributed by atoms with Crippen molar-refractivity contribution >= 4 is 11.8 Å². The van der Waals surface area contributed by atoms with Gasteiger partial charge in [-0.1, -0.05) is 43.2 Å². The number of carbonyl (C=O) groups excluding carboxylic acids is 2. The summed E-state index contributed by atoms with van der Waals surface area (Å²) in [5.41, 5.74) is 1.35. The van der Waals surface area contributed by atoms with E-state index in [2.05, 4.69) is 39.8 Å². The zero-order valence-electron chi connectivity index (χ0n) is 14.9. The fourth-order valence-corrected chi connectivity index (χ4v) is 3.83. The minimum absolute atomic E-state index is 0.194. The number of nitrogens with one attached hydrogen (secondary N) is 2. The van der Waals surface area contributed by atoms with Crippen LogP contribution in [0, 0.1) is 5.92 Å². The summed E-state index contributed by atoms with van der Waals surface area (Å²) in [6.07, 6.45) is 6.43. The first-order valence-electron chi connectivity index (χ1n) is 9.55. The molecule has 1 saturated heterocycles. The summed E-state index contributed by atoms with van der Waals surface area (Å²) >= 11 is 0. The number of carbonyl (C=O) groups is 2. The SMILES string of the molecule is O=C(NCC1CCN(Cc2ccccc2)CC1)C(=O)NC1CCCC1. The van der Waals surface area contributed by atoms with Crippen molar-refractivity contribution in [3.63, 3.8) is 0 Å². The third kappa shape index (κ3) is 5.56. The van der Waals surface area contributed by atoms with Gasteiger partial charge in [-0.25, -0.2) is 0 Å². The van der Waals surface area contributed by atoms with Gasteiger partial charge in [0.1, 0.15) is 0 Å². The van der Waals surface area contributed by atoms with E-state index in [-0.39, 0.29) is 6.04 Å². The number of nitrogens with zero attached hydrogens (tertiary/aromatic N) is 1. The summed E-state index contributed by atoms with van der Waals surface area (Å²) < 4.78 is 0. The molecule has 5 nitrogen and oxygen atoms in total. The van der Waals surface area contributed by atoms with Crippen LogP contribution in [-0.2, 0) is 16.1 Å². The van der Waals surface area contributed by atoms with Gasteiger partial charge < -0.3 is 10.6 Å². The Hall–Kier alpha value is -1.88. The van der Waals surface area contributed by atoms with E-state index < -0.39 is 11.8 Å². The zero-order valence-corrected chi connectivity index (χ0v) is 14.9. The molecule has 25 heavy (non-hydrogen) atoms. The van der Waals surface area contributed by atoms with Crippen LogP contribution in [0.2, 0.25) is 0 Å². The summed E-state index contributed by atoms with van der Waals surface area (Å²) in [6, 6.07) is 10.7. The van der Waals surface area contributed by atoms with Gasteiger partial charge in [0.25, 0.3) is 0 Å². The maximum atomic E-state index is 11.9. The average Bonchev–Trinajstić information content (AvgIpc) is 3.14. The summed E-state index contributed by atoms with van der Waals surface area (Å²) in [5.74, 6) is -0.470. The van der Waals surface area contributed by atoms with E-state index in [1.807, 2.05) is 6.07 Å². The summed E-state index contributed by atoms with van der Waals surface area (Å²) in [4.78, 5) is 26.3. The lowest BCUT2D eigenvalue weighted by Crippen LogP contribution is -2.46. The third-order valence-corrected chi connectivity index (χ3v) is 5.40. The number of hydrogen-bond donors (Lipinski definition) is 2. The van der Waals surface area contributed by atoms with Crippen molar-refractivity contribution in [2.75, 3.05) is 19.6 Å². The van der Waals surface area contributed by atoms with Gasteiger partial charge in [-0.15, -0.1) is 0 Å². The summed E-state index contributed by atoms with van der Waals surface area (Å²) in [5, 5.41) is 5.66. The van der Waals surface area contributed by atoms with Crippen molar-refractivity contribution in [1.82, 2.24) is 15.5 Å². The van der Waals surface area contributed by atoms with Crippen LogP contribution < -0.4 is 10.6 Å². The maximum Gasteiger partial charge on any atom is 0.309 e. The van der Waals surface area contributed by atoms with Crippen LogP contribution in [0.5, 0.6) is 0 Å². The largest absolute Gasteiger partial charge is 0.348 e. The lowest BCUT2D eigenvalue weighted by Gasteiger charge is -2.32. The second kappa shape index (κ2) is 8.99. The minimum Gasteiger partial charge on any atom is -0.348 e. The molecule has 0 unspecified atom stereocenters. The van der Waals surface area contributed by atoms with E-state index >= 15 is 0 Å². The van der Waals surface area contributed by atoms with Gasteiger partial charge in [-0.05, 0) is 50.3 Å². The number of piperidine rings is 1. The normalized spacial score (nSPS) is 19.7. The first-order valence-corrected chi connectivity index (χ1v) is 9.55. The van der Waals surface area contributed by atoms with Gasteiger partial charge in [0.05, 0.1) is 0 Å². The molecular weight excluding hydrogens is 314 g/mol. The first kappa shape index (κ1) is 17.9. The topological polar surface area (TPSA) is 61.4 Å². The van der Waals surface area contributed by atoms with E-state index in [9.17, 15) is 9.59 Å². The van der Waals surface area contributed by atoms with Crippen molar-refractivity contribution in [1.29, 1.82) is 0 Å². The lowest BCUT2D eigenvalue weighted by atomic mass is 9.96. The Morgan fingerprint density at radius 2 is 1.64 bits per heavy atom. The van der Waals surface area contributed by atoms with Crippen LogP contribution in [-0.4, -0.2) is 42.4 Å². The number of rotatable bonds is 5. The number of amides is 2. The van der Waals surface area contributed by atoms with Gasteiger partial charge in [0.15, 0.2) is 0 Å². The smallest absolute Gasteiger partial charge is 0.309 e. The van der Waals surface area contributed by atoms with Crippen molar-refractivity contribution in [3.8, 4) is 0 Å². The van der Waals surface area contributed by atoms with Crippen LogP contribution in [0.15, 0.2) is 30.3 Å². The molecule has 2 N–H and O–H groups in total. The molecule has 136 valence electrons. The van der Waals surface area contributed by atoms with E-state index in [0.29, 0.717) is 12.5 Å². The highest BCUT2D eigenvalue weighted by Gasteiger charge is 2.23. The molecule has 0 spiro atoms. The second-order valence-electron chi connectivity index (χ2n) is 7.37. The van der Waals surface area contributed by atoms with Gasteiger partial charge in [0.2, 0.25) is 0 Å². The molecule has 0 aromatic heterocycles. The van der Waals surface area contributed by atoms with Gasteiger partial charge >= 0.3 is 11.8 Å². The minimum atomic E-state index is -0.474. The van der Waals surface area contributed by atoms with E-state index in [1.165, 1.54) is 5.56 Å². The standard InChI is InChI=1S/C20H29N3O2/c24-19(20(25)22-18-8-4-5-9-18)21-14-16-10-12-23(13-11-16)15-17-6-2-1-3-7-17/h1-3,6-7,16,18H,4-5,8-15H2,(H,21,24)(H,22,25). The molecule has 1 aromatic rings. The number of likely N-dealkylation sites (tertiary alicyclic amines) is 1. The molecule has 2 aliphatic rings. The van der Waals surface area contributed by atoms with Crippen LogP contribution in [0.3, 0.4) is 0 Å². The van der Waals surface area contributed by atoms with E-state index in [4.69, 9.17) is 0 Å². The molecule has 0 bridgehead atoms. The summed E-state index contributed by atoms with van der Waals surface area (Å²) in [6.45, 7) is 3.69. The molecule has 1 aliphatic heterocycles. The fourth-order valence-electron chi connectivity index (χ4n) is 3.83. The van der Waals surface area contributed by atoms with Crippen LogP contribution in [0.4, 0.5) is 0 Å². The van der Waals surface area contributed by atoms with Crippen molar-refractivity contribution < 1.29 is 9.59 Å². The van der Waals surface area contributed by atoms with Crippen molar-refractivity contribution in [3.05, 3.63) is 35.9 Å². The maximum absolute atomic E-state index is 11.9. The van der Waals surface area contributed by atoms with E-state index in [1.54, 1.807) is 0 Å². The highest BCUT2D eigenvalue weighted by atomic mass is 16.2. The predicted molar refractivity (Wildman–Crippen MR) is 97.9 cm³/mol. The average molecular weight is 343 g/mol. The Bertz CT molecular complexity index is 562. The molecule has 2 amide bonds. The molecule has 1 heterocycles. The van der Waals surface area contributed by atoms with Crippen LogP contribution in [0.25, 0.3) is 0 Å².